The van der Waals surface area contributed by atoms with Crippen molar-refractivity contribution in [3.63, 3.8) is 0 Å². The first-order valence-corrected chi connectivity index (χ1v) is 6.61. The minimum Gasteiger partial charge on any atom is -0.508 e. The number of carbonyl (C=O) groups is 2. The summed E-state index contributed by atoms with van der Waals surface area (Å²) in [6.45, 7) is -0.0888. The molecule has 0 bridgehead atoms. The van der Waals surface area contributed by atoms with Gasteiger partial charge in [0.2, 0.25) is 5.91 Å². The predicted molar refractivity (Wildman–Crippen MR) is 76.7 cm³/mol. The van der Waals surface area contributed by atoms with Crippen LogP contribution < -0.4 is 0 Å². The predicted octanol–water partition coefficient (Wildman–Crippen LogP) is 1.49. The molecule has 1 aromatic rings. The quantitative estimate of drug-likeness (QED) is 0.771. The lowest BCUT2D eigenvalue weighted by molar-refractivity contribution is -0.142. The molecule has 0 fully saturated rings. The Morgan fingerprint density at radius 1 is 1.33 bits per heavy atom. The molecule has 0 spiro atoms. The minimum absolute atomic E-state index is 0.0888. The normalized spacial score (nSPS) is 11.8. The molecule has 0 aliphatic carbocycles. The number of benzene rings is 1. The van der Waals surface area contributed by atoms with Crippen molar-refractivity contribution in [2.75, 3.05) is 27.8 Å². The standard InChI is InChI=1S/C15H21NO5/c1-16(2)14(18)10-21-13(7-8-15(19)20-3)11-5-4-6-12(17)9-11/h4-6,9,13,17H,7-8,10H2,1-3H3. The average molecular weight is 295 g/mol. The fourth-order valence-corrected chi connectivity index (χ4v) is 1.72. The van der Waals surface area contributed by atoms with Crippen LogP contribution >= 0.6 is 0 Å². The van der Waals surface area contributed by atoms with Gasteiger partial charge in [-0.25, -0.2) is 0 Å². The Labute approximate surface area is 124 Å². The summed E-state index contributed by atoms with van der Waals surface area (Å²) in [5.74, 6) is -0.404. The second kappa shape index (κ2) is 8.26. The van der Waals surface area contributed by atoms with E-state index >= 15 is 0 Å². The van der Waals surface area contributed by atoms with Crippen molar-refractivity contribution < 1.29 is 24.2 Å². The number of aromatic hydroxyl groups is 1. The van der Waals surface area contributed by atoms with E-state index in [0.717, 1.165) is 0 Å². The molecule has 1 aromatic carbocycles. The summed E-state index contributed by atoms with van der Waals surface area (Å²) in [5, 5.41) is 9.53. The fourth-order valence-electron chi connectivity index (χ4n) is 1.72. The molecule has 1 amide bonds. The minimum atomic E-state index is -0.458. The molecule has 0 radical (unpaired) electrons. The van der Waals surface area contributed by atoms with Crippen LogP contribution in [0.4, 0.5) is 0 Å². The summed E-state index contributed by atoms with van der Waals surface area (Å²) in [6.07, 6.45) is 0.0872. The summed E-state index contributed by atoms with van der Waals surface area (Å²) >= 11 is 0. The summed E-state index contributed by atoms with van der Waals surface area (Å²) in [7, 11) is 4.61. The second-order valence-corrected chi connectivity index (χ2v) is 4.80. The van der Waals surface area contributed by atoms with Gasteiger partial charge in [-0.3, -0.25) is 9.59 Å². The molecule has 21 heavy (non-hydrogen) atoms. The average Bonchev–Trinajstić information content (AvgIpc) is 2.46. The smallest absolute Gasteiger partial charge is 0.305 e. The van der Waals surface area contributed by atoms with Crippen molar-refractivity contribution in [3.8, 4) is 5.75 Å². The fraction of sp³-hybridized carbons (Fsp3) is 0.467. The maximum atomic E-state index is 11.6. The highest BCUT2D eigenvalue weighted by Gasteiger charge is 2.17. The number of ether oxygens (including phenoxy) is 2. The van der Waals surface area contributed by atoms with Crippen molar-refractivity contribution in [3.05, 3.63) is 29.8 Å². The highest BCUT2D eigenvalue weighted by Crippen LogP contribution is 2.25. The molecular weight excluding hydrogens is 274 g/mol. The summed E-state index contributed by atoms with van der Waals surface area (Å²) in [4.78, 5) is 24.3. The van der Waals surface area contributed by atoms with Crippen LogP contribution in [0.5, 0.6) is 5.75 Å². The topological polar surface area (TPSA) is 76.1 Å². The number of carbonyl (C=O) groups excluding carboxylic acids is 2. The maximum absolute atomic E-state index is 11.6. The first-order chi connectivity index (χ1) is 9.93. The van der Waals surface area contributed by atoms with Crippen molar-refractivity contribution in [1.82, 2.24) is 4.90 Å². The van der Waals surface area contributed by atoms with Crippen LogP contribution in [0.25, 0.3) is 0 Å². The number of methoxy groups -OCH3 is 1. The SMILES string of the molecule is COC(=O)CCC(OCC(=O)N(C)C)c1cccc(O)c1. The van der Waals surface area contributed by atoms with Gasteiger partial charge in [0, 0.05) is 20.5 Å². The zero-order valence-electron chi connectivity index (χ0n) is 12.5. The van der Waals surface area contributed by atoms with E-state index in [4.69, 9.17) is 4.74 Å². The first-order valence-electron chi connectivity index (χ1n) is 6.61. The van der Waals surface area contributed by atoms with Crippen LogP contribution in [0, 0.1) is 0 Å². The number of hydrogen-bond donors (Lipinski definition) is 1. The molecule has 1 atom stereocenters. The summed E-state index contributed by atoms with van der Waals surface area (Å²) in [5.41, 5.74) is 0.713. The molecule has 6 heteroatoms. The Balaban J connectivity index is 2.74. The number of phenolic OH excluding ortho intramolecular Hbond substituents is 1. The number of esters is 1. The molecular formula is C15H21NO5. The van der Waals surface area contributed by atoms with Gasteiger partial charge >= 0.3 is 5.97 Å². The molecule has 0 aliphatic rings. The van der Waals surface area contributed by atoms with Crippen molar-refractivity contribution in [1.29, 1.82) is 0 Å². The van der Waals surface area contributed by atoms with Gasteiger partial charge in [-0.2, -0.15) is 0 Å². The van der Waals surface area contributed by atoms with Gasteiger partial charge in [-0.15, -0.1) is 0 Å². The van der Waals surface area contributed by atoms with E-state index < -0.39 is 6.10 Å². The van der Waals surface area contributed by atoms with Crippen molar-refractivity contribution in [2.24, 2.45) is 0 Å². The van der Waals surface area contributed by atoms with E-state index in [9.17, 15) is 14.7 Å². The van der Waals surface area contributed by atoms with E-state index in [2.05, 4.69) is 4.74 Å². The van der Waals surface area contributed by atoms with Gasteiger partial charge in [-0.1, -0.05) is 12.1 Å². The van der Waals surface area contributed by atoms with Gasteiger partial charge in [-0.05, 0) is 24.1 Å². The Kier molecular flexibility index (Phi) is 6.68. The number of phenols is 1. The molecule has 6 nitrogen and oxygen atoms in total. The van der Waals surface area contributed by atoms with Crippen LogP contribution in [0.3, 0.4) is 0 Å². The van der Waals surface area contributed by atoms with E-state index in [1.165, 1.54) is 12.0 Å². The number of hydrogen-bond acceptors (Lipinski definition) is 5. The van der Waals surface area contributed by atoms with Gasteiger partial charge in [0.05, 0.1) is 13.2 Å². The molecule has 0 heterocycles. The largest absolute Gasteiger partial charge is 0.508 e. The summed E-state index contributed by atoms with van der Waals surface area (Å²) in [6, 6.07) is 6.57. The Hall–Kier alpha value is -2.08. The Bertz CT molecular complexity index is 487. The van der Waals surface area contributed by atoms with E-state index in [0.29, 0.717) is 12.0 Å². The maximum Gasteiger partial charge on any atom is 0.305 e. The highest BCUT2D eigenvalue weighted by molar-refractivity contribution is 5.76. The second-order valence-electron chi connectivity index (χ2n) is 4.80. The van der Waals surface area contributed by atoms with Gasteiger partial charge in [0.15, 0.2) is 0 Å². The molecule has 1 unspecified atom stereocenters. The van der Waals surface area contributed by atoms with Gasteiger partial charge in [0.1, 0.15) is 12.4 Å². The molecule has 116 valence electrons. The van der Waals surface area contributed by atoms with Crippen molar-refractivity contribution in [2.45, 2.75) is 18.9 Å². The third-order valence-corrected chi connectivity index (χ3v) is 2.99. The van der Waals surface area contributed by atoms with E-state index in [1.54, 1.807) is 38.4 Å². The molecule has 0 saturated heterocycles. The van der Waals surface area contributed by atoms with Crippen LogP contribution in [0.15, 0.2) is 24.3 Å². The Morgan fingerprint density at radius 2 is 2.05 bits per heavy atom. The van der Waals surface area contributed by atoms with Gasteiger partial charge in [0.25, 0.3) is 0 Å². The molecule has 1 N–H and O–H groups in total. The lowest BCUT2D eigenvalue weighted by Crippen LogP contribution is -2.27. The lowest BCUT2D eigenvalue weighted by Gasteiger charge is -2.19. The van der Waals surface area contributed by atoms with Crippen LogP contribution in [0.1, 0.15) is 24.5 Å². The molecule has 0 saturated carbocycles. The first kappa shape index (κ1) is 17.0. The van der Waals surface area contributed by atoms with E-state index in [1.807, 2.05) is 0 Å². The van der Waals surface area contributed by atoms with E-state index in [-0.39, 0.29) is 30.7 Å². The van der Waals surface area contributed by atoms with Crippen LogP contribution in [-0.2, 0) is 19.1 Å². The third-order valence-electron chi connectivity index (χ3n) is 2.99. The number of amides is 1. The molecule has 1 rings (SSSR count). The molecule has 0 aliphatic heterocycles. The highest BCUT2D eigenvalue weighted by atomic mass is 16.5. The lowest BCUT2D eigenvalue weighted by atomic mass is 10.0. The zero-order valence-corrected chi connectivity index (χ0v) is 12.5. The molecule has 0 aromatic heterocycles. The van der Waals surface area contributed by atoms with Crippen LogP contribution in [-0.4, -0.2) is 49.7 Å². The van der Waals surface area contributed by atoms with Gasteiger partial charge < -0.3 is 19.5 Å². The Morgan fingerprint density at radius 3 is 2.62 bits per heavy atom. The number of nitrogens with zero attached hydrogens (tertiary/aromatic N) is 1. The summed E-state index contributed by atoms with van der Waals surface area (Å²) < 4.78 is 10.2. The zero-order chi connectivity index (χ0) is 15.8. The third kappa shape index (κ3) is 5.83. The number of likely N-dealkylation sites (N-methyl/N-ethyl adjacent to an activating group) is 1. The van der Waals surface area contributed by atoms with Crippen LogP contribution in [0.2, 0.25) is 0 Å². The van der Waals surface area contributed by atoms with Crippen molar-refractivity contribution >= 4 is 11.9 Å². The monoisotopic (exact) mass is 295 g/mol. The number of rotatable bonds is 7.